The summed E-state index contributed by atoms with van der Waals surface area (Å²) in [4.78, 5) is 25.2. The predicted octanol–water partition coefficient (Wildman–Crippen LogP) is 3.52. The number of hydrogen-bond donors (Lipinski definition) is 1. The predicted molar refractivity (Wildman–Crippen MR) is 78.7 cm³/mol. The van der Waals surface area contributed by atoms with Gasteiger partial charge in [-0.25, -0.2) is 9.59 Å². The molecule has 0 heterocycles. The van der Waals surface area contributed by atoms with Crippen molar-refractivity contribution in [3.63, 3.8) is 0 Å². The van der Waals surface area contributed by atoms with Crippen LogP contribution in [-0.2, 0) is 9.53 Å². The number of ether oxygens (including phenoxy) is 1. The third-order valence-corrected chi connectivity index (χ3v) is 3.20. The molecule has 5 nitrogen and oxygen atoms in total. The van der Waals surface area contributed by atoms with Crippen LogP contribution in [0.4, 0.5) is 4.79 Å². The van der Waals surface area contributed by atoms with E-state index in [1.807, 2.05) is 13.8 Å². The van der Waals surface area contributed by atoms with Gasteiger partial charge in [0.2, 0.25) is 0 Å². The highest BCUT2D eigenvalue weighted by Gasteiger charge is 2.43. The van der Waals surface area contributed by atoms with Gasteiger partial charge in [0, 0.05) is 6.54 Å². The number of carboxylic acids is 1. The zero-order valence-electron chi connectivity index (χ0n) is 13.8. The summed E-state index contributed by atoms with van der Waals surface area (Å²) in [7, 11) is 0. The van der Waals surface area contributed by atoms with Crippen LogP contribution in [0.25, 0.3) is 0 Å². The van der Waals surface area contributed by atoms with Crippen molar-refractivity contribution in [2.24, 2.45) is 5.92 Å². The zero-order chi connectivity index (χ0) is 16.1. The number of aliphatic carboxylic acids is 1. The summed E-state index contributed by atoms with van der Waals surface area (Å²) in [6.45, 7) is 13.0. The van der Waals surface area contributed by atoms with Gasteiger partial charge in [0.15, 0.2) is 0 Å². The third kappa shape index (κ3) is 5.39. The molecule has 118 valence electrons. The largest absolute Gasteiger partial charge is 0.480 e. The molecule has 1 atom stereocenters. The van der Waals surface area contributed by atoms with E-state index in [0.29, 0.717) is 18.9 Å². The second-order valence-corrected chi connectivity index (χ2v) is 6.74. The van der Waals surface area contributed by atoms with Crippen LogP contribution in [0.1, 0.15) is 61.3 Å². The quantitative estimate of drug-likeness (QED) is 0.811. The molecule has 0 aromatic rings. The number of likely N-dealkylation sites (N-methyl/N-ethyl adjacent to an activating group) is 1. The first-order chi connectivity index (χ1) is 8.94. The maximum Gasteiger partial charge on any atom is 0.411 e. The fraction of sp³-hybridized carbons (Fsp3) is 0.867. The smallest absolute Gasteiger partial charge is 0.411 e. The molecule has 0 saturated heterocycles. The summed E-state index contributed by atoms with van der Waals surface area (Å²) in [5.74, 6) is -0.614. The highest BCUT2D eigenvalue weighted by Crippen LogP contribution is 2.26. The highest BCUT2D eigenvalue weighted by atomic mass is 16.6. The average Bonchev–Trinajstić information content (AvgIpc) is 2.24. The fourth-order valence-electron chi connectivity index (χ4n) is 1.92. The first-order valence-electron chi connectivity index (χ1n) is 7.18. The SMILES string of the molecule is CCN(C(=O)OC(C)(C)C)C(C)(CCC(C)C)C(=O)O. The van der Waals surface area contributed by atoms with Gasteiger partial charge in [0.05, 0.1) is 0 Å². The van der Waals surface area contributed by atoms with Crippen LogP contribution in [-0.4, -0.2) is 39.8 Å². The molecule has 0 aliphatic heterocycles. The average molecular weight is 287 g/mol. The van der Waals surface area contributed by atoms with E-state index in [4.69, 9.17) is 4.74 Å². The lowest BCUT2D eigenvalue weighted by Crippen LogP contribution is -2.56. The summed E-state index contributed by atoms with van der Waals surface area (Å²) in [5, 5.41) is 9.54. The number of rotatable bonds is 6. The second kappa shape index (κ2) is 6.95. The second-order valence-electron chi connectivity index (χ2n) is 6.74. The molecular formula is C15H29NO4. The van der Waals surface area contributed by atoms with Crippen molar-refractivity contribution in [1.29, 1.82) is 0 Å². The van der Waals surface area contributed by atoms with Gasteiger partial charge in [-0.2, -0.15) is 0 Å². The van der Waals surface area contributed by atoms with Crippen molar-refractivity contribution in [2.45, 2.75) is 72.4 Å². The van der Waals surface area contributed by atoms with E-state index in [-0.39, 0.29) is 0 Å². The summed E-state index contributed by atoms with van der Waals surface area (Å²) in [6, 6.07) is 0. The van der Waals surface area contributed by atoms with Crippen LogP contribution >= 0.6 is 0 Å². The van der Waals surface area contributed by atoms with Gasteiger partial charge in [0.1, 0.15) is 11.1 Å². The van der Waals surface area contributed by atoms with Gasteiger partial charge in [0.25, 0.3) is 0 Å². The van der Waals surface area contributed by atoms with E-state index in [2.05, 4.69) is 0 Å². The Labute approximate surface area is 122 Å². The van der Waals surface area contributed by atoms with Gasteiger partial charge >= 0.3 is 12.1 Å². The molecule has 0 saturated carbocycles. The van der Waals surface area contributed by atoms with Crippen molar-refractivity contribution in [3.05, 3.63) is 0 Å². The molecule has 1 amide bonds. The van der Waals surface area contributed by atoms with Gasteiger partial charge in [-0.1, -0.05) is 13.8 Å². The van der Waals surface area contributed by atoms with Crippen LogP contribution in [0.15, 0.2) is 0 Å². The number of carbonyl (C=O) groups is 2. The lowest BCUT2D eigenvalue weighted by atomic mass is 9.90. The summed E-state index contributed by atoms with van der Waals surface area (Å²) in [5.41, 5.74) is -1.87. The Hall–Kier alpha value is -1.26. The Morgan fingerprint density at radius 3 is 2.00 bits per heavy atom. The van der Waals surface area contributed by atoms with Crippen LogP contribution in [0.2, 0.25) is 0 Å². The van der Waals surface area contributed by atoms with E-state index in [0.717, 1.165) is 6.42 Å². The lowest BCUT2D eigenvalue weighted by Gasteiger charge is -2.38. The normalized spacial score (nSPS) is 14.8. The van der Waals surface area contributed by atoms with Crippen LogP contribution < -0.4 is 0 Å². The molecule has 0 aliphatic carbocycles. The van der Waals surface area contributed by atoms with Crippen LogP contribution in [0.5, 0.6) is 0 Å². The molecule has 0 bridgehead atoms. The topological polar surface area (TPSA) is 66.8 Å². The number of carbonyl (C=O) groups excluding carboxylic acids is 1. The van der Waals surface area contributed by atoms with Gasteiger partial charge in [-0.15, -0.1) is 0 Å². The summed E-state index contributed by atoms with van der Waals surface area (Å²) >= 11 is 0. The maximum atomic E-state index is 12.2. The first kappa shape index (κ1) is 18.7. The Morgan fingerprint density at radius 1 is 1.20 bits per heavy atom. The lowest BCUT2D eigenvalue weighted by molar-refractivity contribution is -0.150. The minimum absolute atomic E-state index is 0.301. The van der Waals surface area contributed by atoms with Crippen LogP contribution in [0.3, 0.4) is 0 Å². The first-order valence-corrected chi connectivity index (χ1v) is 7.18. The highest BCUT2D eigenvalue weighted by molar-refractivity contribution is 5.84. The number of hydrogen-bond acceptors (Lipinski definition) is 3. The molecule has 0 aromatic carbocycles. The molecule has 20 heavy (non-hydrogen) atoms. The van der Waals surface area contributed by atoms with Crippen molar-refractivity contribution in [2.75, 3.05) is 6.54 Å². The molecule has 1 N–H and O–H groups in total. The van der Waals surface area contributed by atoms with E-state index in [1.54, 1.807) is 34.6 Å². The standard InChI is InChI=1S/C15H29NO4/c1-8-16(13(19)20-14(4,5)6)15(7,12(17)18)10-9-11(2)3/h11H,8-10H2,1-7H3,(H,17,18). The molecule has 0 aromatic heterocycles. The molecule has 0 aliphatic rings. The van der Waals surface area contributed by atoms with Crippen molar-refractivity contribution < 1.29 is 19.4 Å². The summed E-state index contributed by atoms with van der Waals surface area (Å²) < 4.78 is 5.32. The van der Waals surface area contributed by atoms with Gasteiger partial charge in [-0.05, 0) is 53.4 Å². The van der Waals surface area contributed by atoms with Crippen molar-refractivity contribution in [1.82, 2.24) is 4.90 Å². The van der Waals surface area contributed by atoms with E-state index in [9.17, 15) is 14.7 Å². The Morgan fingerprint density at radius 2 is 1.70 bits per heavy atom. The Balaban J connectivity index is 5.20. The minimum Gasteiger partial charge on any atom is -0.480 e. The van der Waals surface area contributed by atoms with E-state index in [1.165, 1.54) is 4.90 Å². The van der Waals surface area contributed by atoms with E-state index < -0.39 is 23.2 Å². The molecule has 0 spiro atoms. The maximum absolute atomic E-state index is 12.2. The van der Waals surface area contributed by atoms with Crippen molar-refractivity contribution in [3.8, 4) is 0 Å². The Kier molecular flexibility index (Phi) is 6.51. The Bertz CT molecular complexity index is 346. The monoisotopic (exact) mass is 287 g/mol. The molecular weight excluding hydrogens is 258 g/mol. The van der Waals surface area contributed by atoms with Crippen LogP contribution in [0, 0.1) is 5.92 Å². The van der Waals surface area contributed by atoms with Crippen molar-refractivity contribution >= 4 is 12.1 Å². The van der Waals surface area contributed by atoms with Gasteiger partial charge in [-0.3, -0.25) is 4.90 Å². The number of amides is 1. The summed E-state index contributed by atoms with van der Waals surface area (Å²) in [6.07, 6.45) is 0.573. The molecule has 0 fully saturated rings. The van der Waals surface area contributed by atoms with Gasteiger partial charge < -0.3 is 9.84 Å². The number of nitrogens with zero attached hydrogens (tertiary/aromatic N) is 1. The molecule has 1 unspecified atom stereocenters. The molecule has 0 rings (SSSR count). The number of carboxylic acid groups (broad SMARTS) is 1. The fourth-order valence-corrected chi connectivity index (χ4v) is 1.92. The zero-order valence-corrected chi connectivity index (χ0v) is 13.8. The molecule has 5 heteroatoms. The minimum atomic E-state index is -1.23. The molecule has 0 radical (unpaired) electrons. The third-order valence-electron chi connectivity index (χ3n) is 3.20. The van der Waals surface area contributed by atoms with E-state index >= 15 is 0 Å².